The lowest BCUT2D eigenvalue weighted by Gasteiger charge is -2.50. The molecule has 0 aromatic carbocycles. The van der Waals surface area contributed by atoms with Gasteiger partial charge in [0, 0.05) is 19.3 Å². The van der Waals surface area contributed by atoms with Crippen molar-refractivity contribution < 1.29 is 17.9 Å². The second kappa shape index (κ2) is 4.13. The largest absolute Gasteiger partial charge is 0.433 e. The molecule has 1 saturated heterocycles. The topological polar surface area (TPSA) is 53.1 Å². The third-order valence-electron chi connectivity index (χ3n) is 4.28. The Hall–Kier alpha value is -1.24. The van der Waals surface area contributed by atoms with Gasteiger partial charge in [0.1, 0.15) is 11.5 Å². The second-order valence-electron chi connectivity index (χ2n) is 5.57. The van der Waals surface area contributed by atoms with E-state index >= 15 is 0 Å². The van der Waals surface area contributed by atoms with Crippen molar-refractivity contribution in [2.45, 2.75) is 37.9 Å². The highest BCUT2D eigenvalue weighted by molar-refractivity contribution is 5.31. The number of aromatic nitrogens is 2. The third-order valence-corrected chi connectivity index (χ3v) is 4.28. The fourth-order valence-corrected chi connectivity index (χ4v) is 3.23. The normalized spacial score (nSPS) is 23.5. The molecule has 0 amide bonds. The Kier molecular flexibility index (Phi) is 2.78. The number of anilines is 1. The smallest absolute Gasteiger partial charge is 0.382 e. The molecular formula is C12H16F3N3O. The van der Waals surface area contributed by atoms with Crippen LogP contribution in [0.3, 0.4) is 0 Å². The summed E-state index contributed by atoms with van der Waals surface area (Å²) in [5.41, 5.74) is 4.83. The van der Waals surface area contributed by atoms with E-state index in [1.165, 1.54) is 0 Å². The Labute approximate surface area is 108 Å². The highest BCUT2D eigenvalue weighted by Crippen LogP contribution is 2.55. The number of rotatable bonds is 1. The minimum absolute atomic E-state index is 0.0692. The average molecular weight is 275 g/mol. The van der Waals surface area contributed by atoms with Gasteiger partial charge in [0.15, 0.2) is 0 Å². The number of nitrogens with two attached hydrogens (primary N) is 1. The number of hydrogen-bond acceptors (Lipinski definition) is 3. The lowest BCUT2D eigenvalue weighted by Crippen LogP contribution is -2.43. The van der Waals surface area contributed by atoms with Crippen LogP contribution in [0.4, 0.5) is 19.0 Å². The van der Waals surface area contributed by atoms with Crippen molar-refractivity contribution >= 4 is 5.82 Å². The van der Waals surface area contributed by atoms with Crippen LogP contribution in [0.5, 0.6) is 0 Å². The fourth-order valence-electron chi connectivity index (χ4n) is 3.23. The summed E-state index contributed by atoms with van der Waals surface area (Å²) in [7, 11) is 0. The van der Waals surface area contributed by atoms with Crippen LogP contribution in [0.1, 0.15) is 37.4 Å². The molecule has 1 aliphatic carbocycles. The van der Waals surface area contributed by atoms with Crippen LogP contribution in [0.15, 0.2) is 6.07 Å². The summed E-state index contributed by atoms with van der Waals surface area (Å²) < 4.78 is 45.0. The van der Waals surface area contributed by atoms with Crippen LogP contribution >= 0.6 is 0 Å². The molecule has 2 heterocycles. The lowest BCUT2D eigenvalue weighted by atomic mass is 9.61. The fraction of sp³-hybridized carbons (Fsp3) is 0.750. The van der Waals surface area contributed by atoms with E-state index in [-0.39, 0.29) is 17.3 Å². The van der Waals surface area contributed by atoms with Crippen LogP contribution < -0.4 is 5.73 Å². The number of hydrogen-bond donors (Lipinski definition) is 1. The maximum atomic E-state index is 12.9. The summed E-state index contributed by atoms with van der Waals surface area (Å²) in [5.74, 6) is -0.0692. The number of alkyl halides is 3. The Morgan fingerprint density at radius 3 is 2.53 bits per heavy atom. The molecular weight excluding hydrogens is 259 g/mol. The Morgan fingerprint density at radius 1 is 1.32 bits per heavy atom. The molecule has 3 rings (SSSR count). The van der Waals surface area contributed by atoms with E-state index in [0.717, 1.165) is 36.4 Å². The molecule has 1 aromatic heterocycles. The summed E-state index contributed by atoms with van der Waals surface area (Å²) >= 11 is 0. The molecule has 0 radical (unpaired) electrons. The van der Waals surface area contributed by atoms with Gasteiger partial charge in [-0.1, -0.05) is 0 Å². The van der Waals surface area contributed by atoms with Crippen molar-refractivity contribution in [1.29, 1.82) is 0 Å². The molecule has 0 atom stereocenters. The highest BCUT2D eigenvalue weighted by atomic mass is 19.4. The van der Waals surface area contributed by atoms with Crippen LogP contribution in [0.25, 0.3) is 0 Å². The maximum absolute atomic E-state index is 12.9. The lowest BCUT2D eigenvalue weighted by molar-refractivity contribution is -0.148. The first-order chi connectivity index (χ1) is 8.90. The van der Waals surface area contributed by atoms with E-state index in [4.69, 9.17) is 10.5 Å². The first kappa shape index (κ1) is 12.8. The van der Waals surface area contributed by atoms with Crippen LogP contribution in [0, 0.1) is 5.41 Å². The molecule has 0 unspecified atom stereocenters. The molecule has 0 bridgehead atoms. The minimum atomic E-state index is -4.40. The van der Waals surface area contributed by atoms with E-state index in [0.29, 0.717) is 13.2 Å². The number of nitrogen functional groups attached to an aromatic ring is 1. The minimum Gasteiger partial charge on any atom is -0.382 e. The SMILES string of the molecule is Nc1cc(C(F)(F)F)n(C2CC3(CCOCC3)C2)n1. The molecule has 1 aromatic rings. The zero-order chi connectivity index (χ0) is 13.7. The maximum Gasteiger partial charge on any atom is 0.433 e. The number of nitrogens with zero attached hydrogens (tertiary/aromatic N) is 2. The third kappa shape index (κ3) is 2.20. The molecule has 2 N–H and O–H groups in total. The first-order valence-electron chi connectivity index (χ1n) is 6.40. The van der Waals surface area contributed by atoms with Gasteiger partial charge in [-0.2, -0.15) is 18.3 Å². The molecule has 2 fully saturated rings. The summed E-state index contributed by atoms with van der Waals surface area (Å²) in [4.78, 5) is 0. The summed E-state index contributed by atoms with van der Waals surface area (Å²) in [6.45, 7) is 1.42. The predicted octanol–water partition coefficient (Wildman–Crippen LogP) is 2.62. The summed E-state index contributed by atoms with van der Waals surface area (Å²) in [6.07, 6.45) is -1.06. The van der Waals surface area contributed by atoms with Crippen molar-refractivity contribution in [2.75, 3.05) is 18.9 Å². The Morgan fingerprint density at radius 2 is 1.95 bits per heavy atom. The van der Waals surface area contributed by atoms with E-state index in [1.54, 1.807) is 0 Å². The monoisotopic (exact) mass is 275 g/mol. The van der Waals surface area contributed by atoms with Crippen molar-refractivity contribution in [3.8, 4) is 0 Å². The van der Waals surface area contributed by atoms with Crippen LogP contribution in [-0.2, 0) is 10.9 Å². The number of ether oxygens (including phenoxy) is 1. The van der Waals surface area contributed by atoms with Gasteiger partial charge in [0.2, 0.25) is 0 Å². The average Bonchev–Trinajstić information content (AvgIpc) is 2.69. The first-order valence-corrected chi connectivity index (χ1v) is 6.40. The molecule has 106 valence electrons. The van der Waals surface area contributed by atoms with Crippen molar-refractivity contribution in [2.24, 2.45) is 5.41 Å². The highest BCUT2D eigenvalue weighted by Gasteiger charge is 2.48. The van der Waals surface area contributed by atoms with Crippen molar-refractivity contribution in [3.05, 3.63) is 11.8 Å². The molecule has 1 aliphatic heterocycles. The quantitative estimate of drug-likeness (QED) is 0.857. The van der Waals surface area contributed by atoms with Gasteiger partial charge in [-0.05, 0) is 31.1 Å². The number of halogens is 3. The van der Waals surface area contributed by atoms with E-state index in [1.807, 2.05) is 0 Å². The van der Waals surface area contributed by atoms with Gasteiger partial charge >= 0.3 is 6.18 Å². The zero-order valence-electron chi connectivity index (χ0n) is 10.4. The van der Waals surface area contributed by atoms with Gasteiger partial charge < -0.3 is 10.5 Å². The van der Waals surface area contributed by atoms with E-state index in [9.17, 15) is 13.2 Å². The standard InChI is InChI=1S/C12H16F3N3O/c13-12(14,15)9-5-10(16)17-18(9)8-6-11(7-8)1-3-19-4-2-11/h5,8H,1-4,6-7H2,(H2,16,17). The van der Waals surface area contributed by atoms with Gasteiger partial charge in [0.05, 0.1) is 6.04 Å². The predicted molar refractivity (Wildman–Crippen MR) is 62.4 cm³/mol. The second-order valence-corrected chi connectivity index (χ2v) is 5.57. The molecule has 2 aliphatic rings. The van der Waals surface area contributed by atoms with Gasteiger partial charge in [-0.3, -0.25) is 4.68 Å². The van der Waals surface area contributed by atoms with Gasteiger partial charge in [0.25, 0.3) is 0 Å². The van der Waals surface area contributed by atoms with Crippen LogP contribution in [0.2, 0.25) is 0 Å². The molecule has 4 nitrogen and oxygen atoms in total. The summed E-state index contributed by atoms with van der Waals surface area (Å²) in [6, 6.07) is 0.724. The zero-order valence-corrected chi connectivity index (χ0v) is 10.4. The van der Waals surface area contributed by atoms with E-state index < -0.39 is 11.9 Å². The van der Waals surface area contributed by atoms with Gasteiger partial charge in [-0.25, -0.2) is 0 Å². The Bertz CT molecular complexity index is 469. The molecule has 7 heteroatoms. The van der Waals surface area contributed by atoms with Gasteiger partial charge in [-0.15, -0.1) is 0 Å². The molecule has 19 heavy (non-hydrogen) atoms. The van der Waals surface area contributed by atoms with Crippen LogP contribution in [-0.4, -0.2) is 23.0 Å². The Balaban J connectivity index is 1.78. The van der Waals surface area contributed by atoms with E-state index in [2.05, 4.69) is 5.10 Å². The molecule has 1 spiro atoms. The van der Waals surface area contributed by atoms with Crippen molar-refractivity contribution in [1.82, 2.24) is 9.78 Å². The summed E-state index contributed by atoms with van der Waals surface area (Å²) in [5, 5.41) is 3.82. The van der Waals surface area contributed by atoms with Crippen molar-refractivity contribution in [3.63, 3.8) is 0 Å². The molecule has 1 saturated carbocycles.